The lowest BCUT2D eigenvalue weighted by Crippen LogP contribution is -2.66. The van der Waals surface area contributed by atoms with E-state index >= 15 is 0 Å². The largest absolute Gasteiger partial charge is 0.395 e. The van der Waals surface area contributed by atoms with Crippen molar-refractivity contribution in [3.8, 4) is 0 Å². The lowest BCUT2D eigenvalue weighted by atomic mass is 9.96. The van der Waals surface area contributed by atoms with Gasteiger partial charge in [0.25, 0.3) is 0 Å². The first-order valence-electron chi connectivity index (χ1n) is 28.3. The number of amides is 10. The van der Waals surface area contributed by atoms with Crippen molar-refractivity contribution in [1.82, 2.24) is 58.1 Å². The van der Waals surface area contributed by atoms with E-state index in [9.17, 15) is 47.9 Å². The number of aliphatic hydroxyl groups excluding tert-OH is 1. The molecule has 1 saturated carbocycles. The van der Waals surface area contributed by atoms with Crippen LogP contribution in [0.2, 0.25) is 0 Å². The van der Waals surface area contributed by atoms with E-state index in [1.807, 2.05) is 41.5 Å². The summed E-state index contributed by atoms with van der Waals surface area (Å²) in [6.07, 6.45) is 8.83. The molecule has 22 heteroatoms. The maximum absolute atomic E-state index is 14.3. The summed E-state index contributed by atoms with van der Waals surface area (Å²) in [5.41, 5.74) is -6.01. The highest BCUT2D eigenvalue weighted by molar-refractivity contribution is 6.02. The Morgan fingerprint density at radius 2 is 1.17 bits per heavy atom. The number of carbonyl (C=O) groups is 10. The quantitative estimate of drug-likeness (QED) is 0.0402. The Morgan fingerprint density at radius 1 is 0.610 bits per heavy atom. The van der Waals surface area contributed by atoms with Gasteiger partial charge in [0.05, 0.1) is 6.61 Å². The summed E-state index contributed by atoms with van der Waals surface area (Å²) >= 11 is 0. The minimum absolute atomic E-state index is 0.00350. The van der Waals surface area contributed by atoms with E-state index in [-0.39, 0.29) is 68.5 Å². The number of nitrogens with zero attached hydrogens (tertiary/aromatic N) is 1. The monoisotopic (exact) mass is 1090 g/mol. The number of carbonyl (C=O) groups excluding carboxylic acids is 10. The second kappa shape index (κ2) is 31.9. The van der Waals surface area contributed by atoms with Gasteiger partial charge < -0.3 is 63.2 Å². The fraction of sp³-hybridized carbons (Fsp3) is 0.818. The van der Waals surface area contributed by atoms with Crippen molar-refractivity contribution in [2.24, 2.45) is 11.8 Å². The average Bonchev–Trinajstić information content (AvgIpc) is 3.94. The van der Waals surface area contributed by atoms with Crippen molar-refractivity contribution in [1.29, 1.82) is 0 Å². The Labute approximate surface area is 458 Å². The average molecular weight is 1090 g/mol. The van der Waals surface area contributed by atoms with E-state index in [1.165, 1.54) is 41.5 Å². The molecule has 1 aliphatic heterocycles. The van der Waals surface area contributed by atoms with Crippen LogP contribution in [0.4, 0.5) is 0 Å². The van der Waals surface area contributed by atoms with E-state index in [0.29, 0.717) is 64.6 Å². The predicted molar refractivity (Wildman–Crippen MR) is 294 cm³/mol. The number of rotatable bonds is 36. The highest BCUT2D eigenvalue weighted by atomic mass is 16.3. The standard InChI is InChI=1S/C55H99N11O11/c1-14-16-17-18-19-20-23-38(60-49(75)53(10,11)64-50(76)54(12,13)65-51(77)55(26-27-55)63-47(73)41-24-21-30-66(41)43(69)22-15-2)45(71)59-40(33-36(5)6)46(72)62-52(8,9)48(74)61-39(32-35(3)4)44(70)57-28-25-42(68)58-37(7)34-56-29-31-67/h35-41,56,67H,14-34H2,1-13H3,(H,57,70)(H,58,68)(H,59,71)(H,60,75)(H,61,74)(H,62,72)(H,63,73)(H,64,76)(H,65,77)/t37-,38-,39-,40-,41-/m0/s1. The van der Waals surface area contributed by atoms with Crippen LogP contribution >= 0.6 is 0 Å². The van der Waals surface area contributed by atoms with Crippen LogP contribution in [0, 0.1) is 11.8 Å². The predicted octanol–water partition coefficient (Wildman–Crippen LogP) is 2.00. The first-order chi connectivity index (χ1) is 35.9. The number of aliphatic hydroxyl groups is 1. The molecule has 0 radical (unpaired) electrons. The van der Waals surface area contributed by atoms with Gasteiger partial charge in [-0.3, -0.25) is 47.9 Å². The molecule has 11 N–H and O–H groups in total. The molecule has 0 spiro atoms. The second-order valence-electron chi connectivity index (χ2n) is 23.7. The maximum Gasteiger partial charge on any atom is 0.246 e. The van der Waals surface area contributed by atoms with Crippen molar-refractivity contribution in [3.63, 3.8) is 0 Å². The molecule has 1 saturated heterocycles. The van der Waals surface area contributed by atoms with Crippen LogP contribution in [0.5, 0.6) is 0 Å². The summed E-state index contributed by atoms with van der Waals surface area (Å²) in [6, 6.07) is -4.16. The number of nitrogens with one attached hydrogen (secondary N) is 10. The molecule has 1 aliphatic carbocycles. The van der Waals surface area contributed by atoms with Gasteiger partial charge >= 0.3 is 0 Å². The lowest BCUT2D eigenvalue weighted by Gasteiger charge is -2.34. The van der Waals surface area contributed by atoms with Crippen molar-refractivity contribution in [2.75, 3.05) is 32.8 Å². The van der Waals surface area contributed by atoms with Crippen molar-refractivity contribution in [2.45, 2.75) is 245 Å². The zero-order valence-electron chi connectivity index (χ0n) is 48.9. The van der Waals surface area contributed by atoms with Crippen molar-refractivity contribution < 1.29 is 53.1 Å². The fourth-order valence-electron chi connectivity index (χ4n) is 8.93. The van der Waals surface area contributed by atoms with Gasteiger partial charge in [-0.2, -0.15) is 0 Å². The second-order valence-corrected chi connectivity index (χ2v) is 23.7. The van der Waals surface area contributed by atoms with Gasteiger partial charge in [0.1, 0.15) is 46.3 Å². The Kier molecular flexibility index (Phi) is 28.0. The zero-order valence-corrected chi connectivity index (χ0v) is 48.9. The number of hydrogen-bond acceptors (Lipinski definition) is 12. The molecule has 2 rings (SSSR count). The van der Waals surface area contributed by atoms with Crippen LogP contribution in [0.25, 0.3) is 0 Å². The van der Waals surface area contributed by atoms with Gasteiger partial charge in [-0.1, -0.05) is 80.1 Å². The third-order valence-corrected chi connectivity index (χ3v) is 13.8. The fourth-order valence-corrected chi connectivity index (χ4v) is 8.93. The molecule has 10 amide bonds. The molecule has 22 nitrogen and oxygen atoms in total. The van der Waals surface area contributed by atoms with Crippen LogP contribution in [-0.4, -0.2) is 154 Å². The molecule has 1 heterocycles. The number of likely N-dealkylation sites (tertiary alicyclic amines) is 1. The topological polar surface area (TPSA) is 314 Å². The minimum atomic E-state index is -1.62. The summed E-state index contributed by atoms with van der Waals surface area (Å²) in [5, 5.41) is 37.0. The van der Waals surface area contributed by atoms with Gasteiger partial charge in [-0.15, -0.1) is 0 Å². The lowest BCUT2D eigenvalue weighted by molar-refractivity contribution is -0.141. The van der Waals surface area contributed by atoms with Gasteiger partial charge in [0.15, 0.2) is 0 Å². The van der Waals surface area contributed by atoms with Gasteiger partial charge in [-0.05, 0) is 112 Å². The molecule has 77 heavy (non-hydrogen) atoms. The summed E-state index contributed by atoms with van der Waals surface area (Å²) < 4.78 is 0. The molecule has 0 aromatic heterocycles. The van der Waals surface area contributed by atoms with Crippen molar-refractivity contribution in [3.05, 3.63) is 0 Å². The highest BCUT2D eigenvalue weighted by Crippen LogP contribution is 2.37. The van der Waals surface area contributed by atoms with Crippen LogP contribution < -0.4 is 53.2 Å². The summed E-state index contributed by atoms with van der Waals surface area (Å²) in [6.45, 7) is 23.5. The van der Waals surface area contributed by atoms with E-state index in [0.717, 1.165) is 32.1 Å². The smallest absolute Gasteiger partial charge is 0.246 e. The first-order valence-corrected chi connectivity index (χ1v) is 28.3. The Hall–Kier alpha value is -5.38. The van der Waals surface area contributed by atoms with Gasteiger partial charge in [-0.25, -0.2) is 0 Å². The van der Waals surface area contributed by atoms with Gasteiger partial charge in [0.2, 0.25) is 59.1 Å². The van der Waals surface area contributed by atoms with Crippen LogP contribution in [-0.2, 0) is 47.9 Å². The molecule has 0 aromatic carbocycles. The molecule has 0 unspecified atom stereocenters. The maximum atomic E-state index is 14.3. The molecular weight excluding hydrogens is 991 g/mol. The van der Waals surface area contributed by atoms with Crippen LogP contribution in [0.1, 0.15) is 193 Å². The molecular formula is C55H99N11O11. The Morgan fingerprint density at radius 3 is 1.74 bits per heavy atom. The molecule has 0 bridgehead atoms. The third kappa shape index (κ3) is 23.2. The highest BCUT2D eigenvalue weighted by Gasteiger charge is 2.54. The zero-order chi connectivity index (χ0) is 58.3. The first kappa shape index (κ1) is 67.7. The van der Waals surface area contributed by atoms with Gasteiger partial charge in [0, 0.05) is 45.1 Å². The summed E-state index contributed by atoms with van der Waals surface area (Å²) in [7, 11) is 0. The third-order valence-electron chi connectivity index (χ3n) is 13.8. The Balaban J connectivity index is 2.19. The van der Waals surface area contributed by atoms with Crippen molar-refractivity contribution >= 4 is 59.1 Å². The normalized spacial score (nSPS) is 16.8. The number of hydrogen-bond donors (Lipinski definition) is 11. The molecule has 2 fully saturated rings. The molecule has 0 aromatic rings. The SMILES string of the molecule is CCCCCCCC[C@H](NC(=O)C(C)(C)NC(=O)C(C)(C)NC(=O)C1(NC(=O)[C@@H]2CCCN2C(=O)CCC)CC1)C(=O)N[C@@H](CC(C)C)C(=O)NC(C)(C)C(=O)N[C@@H](CC(C)C)C(=O)NCCC(=O)N[C@@H](C)CNCCO. The number of unbranched alkanes of at least 4 members (excludes halogenated alkanes) is 5. The Bertz CT molecular complexity index is 2010. The van der Waals surface area contributed by atoms with E-state index in [1.54, 1.807) is 4.90 Å². The molecule has 5 atom stereocenters. The van der Waals surface area contributed by atoms with Crippen LogP contribution in [0.3, 0.4) is 0 Å². The van der Waals surface area contributed by atoms with E-state index in [4.69, 9.17) is 5.11 Å². The molecule has 2 aliphatic rings. The van der Waals surface area contributed by atoms with E-state index in [2.05, 4.69) is 60.1 Å². The van der Waals surface area contributed by atoms with E-state index < -0.39 is 93.6 Å². The van der Waals surface area contributed by atoms with Crippen LogP contribution in [0.15, 0.2) is 0 Å². The minimum Gasteiger partial charge on any atom is -0.395 e. The summed E-state index contributed by atoms with van der Waals surface area (Å²) in [4.78, 5) is 138. The summed E-state index contributed by atoms with van der Waals surface area (Å²) in [5.74, 6) is -5.37. The molecule has 440 valence electrons.